The van der Waals surface area contributed by atoms with E-state index < -0.39 is 4.92 Å². The number of benzene rings is 1. The fourth-order valence-corrected chi connectivity index (χ4v) is 1.62. The Balaban J connectivity index is 2.76. The highest BCUT2D eigenvalue weighted by molar-refractivity contribution is 5.87. The zero-order valence-corrected chi connectivity index (χ0v) is 8.83. The van der Waals surface area contributed by atoms with Crippen LogP contribution in [0.25, 0.3) is 11.1 Å². The van der Waals surface area contributed by atoms with E-state index in [0.717, 1.165) is 0 Å². The van der Waals surface area contributed by atoms with Gasteiger partial charge in [0.15, 0.2) is 0 Å². The predicted octanol–water partition coefficient (Wildman–Crippen LogP) is 1.82. The molecule has 6 nitrogen and oxygen atoms in total. The molecule has 0 bridgehead atoms. The van der Waals surface area contributed by atoms with Crippen molar-refractivity contribution >= 4 is 17.2 Å². The molecular weight excluding hydrogens is 220 g/mol. The van der Waals surface area contributed by atoms with Crippen molar-refractivity contribution in [3.05, 3.63) is 46.6 Å². The van der Waals surface area contributed by atoms with Crippen molar-refractivity contribution in [1.82, 2.24) is 4.98 Å². The molecule has 2 rings (SSSR count). The molecule has 2 aromatic rings. The highest BCUT2D eigenvalue weighted by Crippen LogP contribution is 2.37. The minimum Gasteiger partial charge on any atom is -0.397 e. The zero-order valence-electron chi connectivity index (χ0n) is 8.83. The van der Waals surface area contributed by atoms with E-state index in [0.29, 0.717) is 11.1 Å². The summed E-state index contributed by atoms with van der Waals surface area (Å²) in [5.74, 6) is -0.136. The topological polar surface area (TPSA) is 108 Å². The maximum atomic E-state index is 11.0. The first-order valence-corrected chi connectivity index (χ1v) is 4.85. The van der Waals surface area contributed by atoms with Gasteiger partial charge in [0.05, 0.1) is 22.4 Å². The fourth-order valence-electron chi connectivity index (χ4n) is 1.62. The Kier molecular flexibility index (Phi) is 2.61. The van der Waals surface area contributed by atoms with Gasteiger partial charge in [-0.05, 0) is 5.56 Å². The SMILES string of the molecule is Nc1cnc(N)c([N+](=O)[O-])c1-c1ccccc1. The average Bonchev–Trinajstić information content (AvgIpc) is 2.32. The van der Waals surface area contributed by atoms with Gasteiger partial charge in [-0.3, -0.25) is 10.1 Å². The van der Waals surface area contributed by atoms with Crippen LogP contribution >= 0.6 is 0 Å². The number of anilines is 2. The van der Waals surface area contributed by atoms with Crippen LogP contribution in [0.4, 0.5) is 17.2 Å². The molecule has 86 valence electrons. The molecule has 0 aliphatic heterocycles. The minimum atomic E-state index is -0.568. The summed E-state index contributed by atoms with van der Waals surface area (Å²) >= 11 is 0. The van der Waals surface area contributed by atoms with Crippen LogP contribution in [0.5, 0.6) is 0 Å². The lowest BCUT2D eigenvalue weighted by molar-refractivity contribution is -0.383. The largest absolute Gasteiger partial charge is 0.397 e. The molecule has 0 aliphatic carbocycles. The summed E-state index contributed by atoms with van der Waals surface area (Å²) in [6, 6.07) is 8.83. The van der Waals surface area contributed by atoms with Crippen molar-refractivity contribution < 1.29 is 4.92 Å². The van der Waals surface area contributed by atoms with E-state index in [1.54, 1.807) is 24.3 Å². The number of nitrogen functional groups attached to an aromatic ring is 2. The molecule has 0 saturated heterocycles. The van der Waals surface area contributed by atoms with Crippen molar-refractivity contribution in [2.75, 3.05) is 11.5 Å². The molecule has 17 heavy (non-hydrogen) atoms. The molecule has 0 unspecified atom stereocenters. The highest BCUT2D eigenvalue weighted by Gasteiger charge is 2.23. The highest BCUT2D eigenvalue weighted by atomic mass is 16.6. The van der Waals surface area contributed by atoms with Crippen LogP contribution in [-0.2, 0) is 0 Å². The molecular formula is C11H10N4O2. The van der Waals surface area contributed by atoms with Gasteiger partial charge >= 0.3 is 5.69 Å². The first kappa shape index (κ1) is 10.9. The van der Waals surface area contributed by atoms with Gasteiger partial charge in [0.2, 0.25) is 5.82 Å². The third-order valence-corrected chi connectivity index (χ3v) is 2.36. The number of hydrogen-bond donors (Lipinski definition) is 2. The van der Waals surface area contributed by atoms with Crippen molar-refractivity contribution in [3.63, 3.8) is 0 Å². The Bertz CT molecular complexity index is 569. The standard InChI is InChI=1S/C11H10N4O2/c12-8-6-14-11(13)10(15(16)17)9(8)7-4-2-1-3-5-7/h1-6H,12H2,(H2,13,14). The van der Waals surface area contributed by atoms with Crippen molar-refractivity contribution in [2.45, 2.75) is 0 Å². The molecule has 4 N–H and O–H groups in total. The molecule has 0 aliphatic rings. The molecule has 0 atom stereocenters. The van der Waals surface area contributed by atoms with E-state index in [4.69, 9.17) is 11.5 Å². The number of rotatable bonds is 2. The Labute approximate surface area is 97.0 Å². The van der Waals surface area contributed by atoms with Crippen LogP contribution in [0.2, 0.25) is 0 Å². The maximum Gasteiger partial charge on any atom is 0.320 e. The summed E-state index contributed by atoms with van der Waals surface area (Å²) in [4.78, 5) is 14.1. The summed E-state index contributed by atoms with van der Waals surface area (Å²) in [6.07, 6.45) is 1.32. The lowest BCUT2D eigenvalue weighted by Crippen LogP contribution is -2.03. The summed E-state index contributed by atoms with van der Waals surface area (Å²) in [6.45, 7) is 0. The van der Waals surface area contributed by atoms with E-state index in [1.807, 2.05) is 6.07 Å². The third-order valence-electron chi connectivity index (χ3n) is 2.36. The molecule has 0 amide bonds. The Morgan fingerprint density at radius 3 is 2.41 bits per heavy atom. The number of nitro groups is 1. The Hall–Kier alpha value is -2.63. The number of hydrogen-bond acceptors (Lipinski definition) is 5. The third kappa shape index (κ3) is 1.87. The second-order valence-electron chi connectivity index (χ2n) is 3.45. The minimum absolute atomic E-state index is 0.136. The lowest BCUT2D eigenvalue weighted by Gasteiger charge is -2.07. The lowest BCUT2D eigenvalue weighted by atomic mass is 10.0. The van der Waals surface area contributed by atoms with Gasteiger partial charge in [0.25, 0.3) is 0 Å². The quantitative estimate of drug-likeness (QED) is 0.604. The van der Waals surface area contributed by atoms with Crippen molar-refractivity contribution in [3.8, 4) is 11.1 Å². The van der Waals surface area contributed by atoms with Gasteiger partial charge in [0, 0.05) is 0 Å². The maximum absolute atomic E-state index is 11.0. The number of pyridine rings is 1. The van der Waals surface area contributed by atoms with Crippen LogP contribution < -0.4 is 11.5 Å². The number of nitrogens with zero attached hydrogens (tertiary/aromatic N) is 2. The molecule has 0 fully saturated rings. The molecule has 6 heteroatoms. The van der Waals surface area contributed by atoms with Gasteiger partial charge in [-0.2, -0.15) is 0 Å². The van der Waals surface area contributed by atoms with Gasteiger partial charge in [-0.1, -0.05) is 30.3 Å². The zero-order chi connectivity index (χ0) is 12.4. The number of aromatic nitrogens is 1. The number of nitrogens with two attached hydrogens (primary N) is 2. The van der Waals surface area contributed by atoms with Crippen LogP contribution in [0.1, 0.15) is 0 Å². The monoisotopic (exact) mass is 230 g/mol. The second-order valence-corrected chi connectivity index (χ2v) is 3.45. The van der Waals surface area contributed by atoms with Gasteiger partial charge in [0.1, 0.15) is 0 Å². The van der Waals surface area contributed by atoms with E-state index in [-0.39, 0.29) is 17.2 Å². The summed E-state index contributed by atoms with van der Waals surface area (Å²) < 4.78 is 0. The first-order valence-electron chi connectivity index (χ1n) is 4.85. The van der Waals surface area contributed by atoms with Crippen LogP contribution in [0, 0.1) is 10.1 Å². The van der Waals surface area contributed by atoms with Gasteiger partial charge in [-0.25, -0.2) is 4.98 Å². The molecule has 0 saturated carbocycles. The Morgan fingerprint density at radius 2 is 1.82 bits per heavy atom. The van der Waals surface area contributed by atoms with E-state index in [2.05, 4.69) is 4.98 Å². The Morgan fingerprint density at radius 1 is 1.18 bits per heavy atom. The normalized spacial score (nSPS) is 10.1. The molecule has 0 spiro atoms. The first-order chi connectivity index (χ1) is 8.11. The van der Waals surface area contributed by atoms with Crippen molar-refractivity contribution in [2.24, 2.45) is 0 Å². The molecule has 0 radical (unpaired) electrons. The summed E-state index contributed by atoms with van der Waals surface area (Å²) in [5, 5.41) is 11.0. The van der Waals surface area contributed by atoms with E-state index >= 15 is 0 Å². The van der Waals surface area contributed by atoms with Gasteiger partial charge in [-0.15, -0.1) is 0 Å². The second kappa shape index (κ2) is 4.09. The van der Waals surface area contributed by atoms with E-state index in [1.165, 1.54) is 6.20 Å². The van der Waals surface area contributed by atoms with Crippen LogP contribution in [0.15, 0.2) is 36.5 Å². The smallest absolute Gasteiger partial charge is 0.320 e. The molecule has 1 aromatic carbocycles. The van der Waals surface area contributed by atoms with Crippen LogP contribution in [-0.4, -0.2) is 9.91 Å². The van der Waals surface area contributed by atoms with E-state index in [9.17, 15) is 10.1 Å². The molecule has 1 heterocycles. The van der Waals surface area contributed by atoms with Gasteiger partial charge < -0.3 is 11.5 Å². The van der Waals surface area contributed by atoms with Crippen molar-refractivity contribution in [1.29, 1.82) is 0 Å². The van der Waals surface area contributed by atoms with Crippen LogP contribution in [0.3, 0.4) is 0 Å². The summed E-state index contributed by atoms with van der Waals surface area (Å²) in [5.41, 5.74) is 12.2. The predicted molar refractivity (Wildman–Crippen MR) is 65.2 cm³/mol. The average molecular weight is 230 g/mol. The summed E-state index contributed by atoms with van der Waals surface area (Å²) in [7, 11) is 0. The fraction of sp³-hybridized carbons (Fsp3) is 0. The molecule has 1 aromatic heterocycles.